The predicted molar refractivity (Wildman–Crippen MR) is 90.9 cm³/mol. The number of nitrogens with zero attached hydrogens (tertiary/aromatic N) is 1. The lowest BCUT2D eigenvalue weighted by Crippen LogP contribution is -2.48. The maximum atomic E-state index is 12.4. The highest BCUT2D eigenvalue weighted by Crippen LogP contribution is 2.26. The molecule has 3 rings (SSSR count). The lowest BCUT2D eigenvalue weighted by Gasteiger charge is -2.32. The molecule has 7 heteroatoms. The Labute approximate surface area is 145 Å². The molecular weight excluding hydrogens is 337 g/mol. The third-order valence-corrected chi connectivity index (χ3v) is 4.91. The number of rotatable bonds is 3. The molecule has 23 heavy (non-hydrogen) atoms. The largest absolute Gasteiger partial charge is 0.335 e. The third-order valence-electron chi connectivity index (χ3n) is 4.17. The minimum atomic E-state index is -0.205. The van der Waals surface area contributed by atoms with Gasteiger partial charge in [-0.25, -0.2) is 4.79 Å². The van der Waals surface area contributed by atoms with Gasteiger partial charge in [-0.15, -0.1) is 0 Å². The van der Waals surface area contributed by atoms with Gasteiger partial charge < -0.3 is 15.5 Å². The van der Waals surface area contributed by atoms with E-state index in [2.05, 4.69) is 10.6 Å². The molecule has 1 aromatic carbocycles. The Morgan fingerprint density at radius 3 is 2.61 bits per heavy atom. The summed E-state index contributed by atoms with van der Waals surface area (Å²) < 4.78 is 0. The number of likely N-dealkylation sites (tertiary alicyclic amines) is 1. The van der Waals surface area contributed by atoms with Gasteiger partial charge in [-0.1, -0.05) is 23.2 Å². The molecule has 5 nitrogen and oxygen atoms in total. The quantitative estimate of drug-likeness (QED) is 0.871. The van der Waals surface area contributed by atoms with Crippen LogP contribution in [0.5, 0.6) is 0 Å². The fourth-order valence-corrected chi connectivity index (χ4v) is 2.99. The zero-order chi connectivity index (χ0) is 16.4. The molecule has 2 fully saturated rings. The second-order valence-electron chi connectivity index (χ2n) is 6.13. The molecule has 0 aromatic heterocycles. The number of carbonyl (C=O) groups excluding carboxylic acids is 2. The van der Waals surface area contributed by atoms with E-state index in [0.29, 0.717) is 34.9 Å². The third kappa shape index (κ3) is 4.30. The van der Waals surface area contributed by atoms with Crippen molar-refractivity contribution in [2.75, 3.05) is 18.4 Å². The van der Waals surface area contributed by atoms with Crippen LogP contribution in [0.25, 0.3) is 0 Å². The van der Waals surface area contributed by atoms with Crippen LogP contribution >= 0.6 is 23.2 Å². The number of hydrogen-bond acceptors (Lipinski definition) is 2. The fourth-order valence-electron chi connectivity index (χ4n) is 2.69. The van der Waals surface area contributed by atoms with Gasteiger partial charge in [0, 0.05) is 24.8 Å². The summed E-state index contributed by atoms with van der Waals surface area (Å²) in [6.07, 6.45) is 3.72. The first-order chi connectivity index (χ1) is 11.0. The molecule has 2 aliphatic rings. The van der Waals surface area contributed by atoms with Gasteiger partial charge in [0.2, 0.25) is 5.91 Å². The molecule has 1 atom stereocenters. The Balaban J connectivity index is 1.57. The van der Waals surface area contributed by atoms with E-state index in [1.807, 2.05) is 0 Å². The van der Waals surface area contributed by atoms with Crippen molar-refractivity contribution in [3.63, 3.8) is 0 Å². The van der Waals surface area contributed by atoms with Crippen LogP contribution in [-0.4, -0.2) is 36.0 Å². The van der Waals surface area contributed by atoms with Gasteiger partial charge in [0.15, 0.2) is 0 Å². The van der Waals surface area contributed by atoms with E-state index in [9.17, 15) is 9.59 Å². The first-order valence-corrected chi connectivity index (χ1v) is 8.60. The van der Waals surface area contributed by atoms with E-state index in [1.165, 1.54) is 0 Å². The van der Waals surface area contributed by atoms with Crippen LogP contribution in [0.2, 0.25) is 10.0 Å². The summed E-state index contributed by atoms with van der Waals surface area (Å²) in [5.41, 5.74) is 0.615. The SMILES string of the molecule is O=C(Nc1ccc(Cl)c(Cl)c1)C1CCCN(C(=O)NC2CC2)C1. The average Bonchev–Trinajstić information content (AvgIpc) is 3.35. The number of amides is 3. The Morgan fingerprint density at radius 2 is 1.91 bits per heavy atom. The van der Waals surface area contributed by atoms with Crippen molar-refractivity contribution in [3.05, 3.63) is 28.2 Å². The second kappa shape index (κ2) is 6.97. The van der Waals surface area contributed by atoms with Gasteiger partial charge >= 0.3 is 6.03 Å². The summed E-state index contributed by atoms with van der Waals surface area (Å²) in [5, 5.41) is 6.67. The zero-order valence-electron chi connectivity index (χ0n) is 12.6. The summed E-state index contributed by atoms with van der Waals surface area (Å²) in [6, 6.07) is 5.26. The van der Waals surface area contributed by atoms with E-state index in [0.717, 1.165) is 25.7 Å². The van der Waals surface area contributed by atoms with Gasteiger partial charge in [-0.05, 0) is 43.9 Å². The molecule has 3 amide bonds. The standard InChI is InChI=1S/C16H19Cl2N3O2/c17-13-6-5-12(8-14(13)18)19-15(22)10-2-1-7-21(9-10)16(23)20-11-3-4-11/h5-6,8,10-11H,1-4,7,9H2,(H,19,22)(H,20,23). The lowest BCUT2D eigenvalue weighted by atomic mass is 9.97. The monoisotopic (exact) mass is 355 g/mol. The Bertz CT molecular complexity index is 619. The smallest absolute Gasteiger partial charge is 0.317 e. The molecule has 124 valence electrons. The number of anilines is 1. The molecule has 0 spiro atoms. The molecule has 1 aromatic rings. The number of nitrogens with one attached hydrogen (secondary N) is 2. The number of urea groups is 1. The molecule has 1 aliphatic heterocycles. The number of piperidine rings is 1. The number of carbonyl (C=O) groups is 2. The summed E-state index contributed by atoms with van der Waals surface area (Å²) in [7, 11) is 0. The van der Waals surface area contributed by atoms with Crippen LogP contribution in [0.15, 0.2) is 18.2 Å². The summed E-state index contributed by atoms with van der Waals surface area (Å²) >= 11 is 11.8. The van der Waals surface area contributed by atoms with E-state index < -0.39 is 0 Å². The molecule has 0 radical (unpaired) electrons. The van der Waals surface area contributed by atoms with Crippen LogP contribution < -0.4 is 10.6 Å². The van der Waals surface area contributed by atoms with Crippen LogP contribution in [-0.2, 0) is 4.79 Å². The van der Waals surface area contributed by atoms with Crippen molar-refractivity contribution in [2.45, 2.75) is 31.7 Å². The fraction of sp³-hybridized carbons (Fsp3) is 0.500. The molecule has 2 N–H and O–H groups in total. The number of halogens is 2. The van der Waals surface area contributed by atoms with Crippen LogP contribution in [0.1, 0.15) is 25.7 Å². The first kappa shape index (κ1) is 16.4. The lowest BCUT2D eigenvalue weighted by molar-refractivity contribution is -0.121. The van der Waals surface area contributed by atoms with Crippen LogP contribution in [0.4, 0.5) is 10.5 Å². The van der Waals surface area contributed by atoms with Gasteiger partial charge in [0.25, 0.3) is 0 Å². The normalized spacial score (nSPS) is 21.0. The Hall–Kier alpha value is -1.46. The zero-order valence-corrected chi connectivity index (χ0v) is 14.2. The molecular formula is C16H19Cl2N3O2. The maximum Gasteiger partial charge on any atom is 0.317 e. The molecule has 1 unspecified atom stereocenters. The summed E-state index contributed by atoms with van der Waals surface area (Å²) in [4.78, 5) is 26.3. The van der Waals surface area contributed by atoms with E-state index in [4.69, 9.17) is 23.2 Å². The van der Waals surface area contributed by atoms with Gasteiger partial charge in [-0.2, -0.15) is 0 Å². The minimum absolute atomic E-state index is 0.0560. The Morgan fingerprint density at radius 1 is 1.13 bits per heavy atom. The number of benzene rings is 1. The summed E-state index contributed by atoms with van der Waals surface area (Å²) in [5.74, 6) is -0.296. The topological polar surface area (TPSA) is 61.4 Å². The highest BCUT2D eigenvalue weighted by atomic mass is 35.5. The maximum absolute atomic E-state index is 12.4. The van der Waals surface area contributed by atoms with Crippen molar-refractivity contribution in [2.24, 2.45) is 5.92 Å². The molecule has 1 saturated carbocycles. The van der Waals surface area contributed by atoms with Gasteiger partial charge in [0.05, 0.1) is 16.0 Å². The molecule has 0 bridgehead atoms. The van der Waals surface area contributed by atoms with E-state index in [1.54, 1.807) is 23.1 Å². The van der Waals surface area contributed by atoms with Crippen LogP contribution in [0, 0.1) is 5.92 Å². The minimum Gasteiger partial charge on any atom is -0.335 e. The van der Waals surface area contributed by atoms with Crippen molar-refractivity contribution < 1.29 is 9.59 Å². The average molecular weight is 356 g/mol. The number of hydrogen-bond donors (Lipinski definition) is 2. The molecule has 1 aliphatic carbocycles. The van der Waals surface area contributed by atoms with E-state index >= 15 is 0 Å². The summed E-state index contributed by atoms with van der Waals surface area (Å²) in [6.45, 7) is 1.15. The second-order valence-corrected chi connectivity index (χ2v) is 6.94. The molecule has 1 saturated heterocycles. The molecule has 1 heterocycles. The highest BCUT2D eigenvalue weighted by Gasteiger charge is 2.31. The van der Waals surface area contributed by atoms with Crippen molar-refractivity contribution in [1.82, 2.24) is 10.2 Å². The van der Waals surface area contributed by atoms with Crippen molar-refractivity contribution in [1.29, 1.82) is 0 Å². The highest BCUT2D eigenvalue weighted by molar-refractivity contribution is 6.42. The van der Waals surface area contributed by atoms with Crippen molar-refractivity contribution in [3.8, 4) is 0 Å². The predicted octanol–water partition coefficient (Wildman–Crippen LogP) is 3.52. The Kier molecular flexibility index (Phi) is 4.97. The van der Waals surface area contributed by atoms with Crippen molar-refractivity contribution >= 4 is 40.8 Å². The first-order valence-electron chi connectivity index (χ1n) is 7.84. The van der Waals surface area contributed by atoms with Crippen LogP contribution in [0.3, 0.4) is 0 Å². The van der Waals surface area contributed by atoms with E-state index in [-0.39, 0.29) is 17.9 Å². The van der Waals surface area contributed by atoms with Gasteiger partial charge in [0.1, 0.15) is 0 Å². The van der Waals surface area contributed by atoms with Gasteiger partial charge in [-0.3, -0.25) is 4.79 Å².